The molecule has 1 aliphatic rings. The summed E-state index contributed by atoms with van der Waals surface area (Å²) in [5.41, 5.74) is 2.27. The average molecular weight is 420 g/mol. The van der Waals surface area contributed by atoms with Crippen LogP contribution in [0.2, 0.25) is 0 Å². The minimum Gasteiger partial charge on any atom is -0.493 e. The van der Waals surface area contributed by atoms with Crippen LogP contribution >= 0.6 is 0 Å². The lowest BCUT2D eigenvalue weighted by atomic mass is 10.1. The SMILES string of the molecule is CCCS(=O)(=O)N1CC[NH+](Cc2ccc(OC)c(OCc3ccccc3)c2)CC1. The van der Waals surface area contributed by atoms with Gasteiger partial charge in [-0.1, -0.05) is 37.3 Å². The summed E-state index contributed by atoms with van der Waals surface area (Å²) in [7, 11) is -1.45. The number of ether oxygens (including phenoxy) is 2. The molecule has 3 rings (SSSR count). The minimum atomic E-state index is -3.10. The highest BCUT2D eigenvalue weighted by molar-refractivity contribution is 7.89. The molecule has 0 saturated carbocycles. The lowest BCUT2D eigenvalue weighted by molar-refractivity contribution is -0.917. The monoisotopic (exact) mass is 419 g/mol. The van der Waals surface area contributed by atoms with E-state index in [0.29, 0.717) is 26.1 Å². The van der Waals surface area contributed by atoms with Gasteiger partial charge in [-0.2, -0.15) is 4.31 Å². The normalized spacial score (nSPS) is 15.9. The first-order valence-corrected chi connectivity index (χ1v) is 11.8. The van der Waals surface area contributed by atoms with Crippen molar-refractivity contribution in [3.05, 3.63) is 59.7 Å². The topological polar surface area (TPSA) is 60.3 Å². The van der Waals surface area contributed by atoms with Crippen LogP contribution in [0, 0.1) is 0 Å². The minimum absolute atomic E-state index is 0.239. The fourth-order valence-electron chi connectivity index (χ4n) is 3.61. The Morgan fingerprint density at radius 2 is 1.72 bits per heavy atom. The molecule has 7 heteroatoms. The van der Waals surface area contributed by atoms with E-state index in [2.05, 4.69) is 6.07 Å². The molecule has 1 saturated heterocycles. The Labute approximate surface area is 174 Å². The molecule has 158 valence electrons. The predicted molar refractivity (Wildman–Crippen MR) is 114 cm³/mol. The maximum absolute atomic E-state index is 12.2. The summed E-state index contributed by atoms with van der Waals surface area (Å²) in [4.78, 5) is 1.38. The van der Waals surface area contributed by atoms with Crippen LogP contribution in [0.1, 0.15) is 24.5 Å². The van der Waals surface area contributed by atoms with Crippen LogP contribution < -0.4 is 14.4 Å². The van der Waals surface area contributed by atoms with Crippen molar-refractivity contribution in [2.45, 2.75) is 26.5 Å². The third kappa shape index (κ3) is 5.95. The van der Waals surface area contributed by atoms with E-state index >= 15 is 0 Å². The highest BCUT2D eigenvalue weighted by atomic mass is 32.2. The Kier molecular flexibility index (Phi) is 7.52. The van der Waals surface area contributed by atoms with Crippen LogP contribution in [-0.2, 0) is 23.2 Å². The van der Waals surface area contributed by atoms with E-state index in [-0.39, 0.29) is 5.75 Å². The zero-order valence-electron chi connectivity index (χ0n) is 17.3. The summed E-state index contributed by atoms with van der Waals surface area (Å²) < 4.78 is 37.6. The second-order valence-electron chi connectivity index (χ2n) is 7.40. The van der Waals surface area contributed by atoms with Gasteiger partial charge in [-0.3, -0.25) is 0 Å². The Balaban J connectivity index is 1.60. The van der Waals surface area contributed by atoms with Gasteiger partial charge in [0.2, 0.25) is 10.0 Å². The molecule has 0 atom stereocenters. The van der Waals surface area contributed by atoms with Gasteiger partial charge in [0.25, 0.3) is 0 Å². The van der Waals surface area contributed by atoms with Gasteiger partial charge in [-0.25, -0.2) is 8.42 Å². The third-order valence-corrected chi connectivity index (χ3v) is 7.28. The van der Waals surface area contributed by atoms with Gasteiger partial charge in [0, 0.05) is 5.56 Å². The van der Waals surface area contributed by atoms with Gasteiger partial charge in [0.05, 0.1) is 39.0 Å². The summed E-state index contributed by atoms with van der Waals surface area (Å²) in [6.45, 7) is 6.04. The first-order valence-electron chi connectivity index (χ1n) is 10.2. The van der Waals surface area contributed by atoms with Crippen LogP contribution in [0.15, 0.2) is 48.5 Å². The summed E-state index contributed by atoms with van der Waals surface area (Å²) in [6.07, 6.45) is 0.660. The third-order valence-electron chi connectivity index (χ3n) is 5.20. The fraction of sp³-hybridized carbons (Fsp3) is 0.455. The molecular weight excluding hydrogens is 388 g/mol. The molecular formula is C22H31N2O4S+. The lowest BCUT2D eigenvalue weighted by Crippen LogP contribution is -3.13. The Morgan fingerprint density at radius 1 is 1.00 bits per heavy atom. The van der Waals surface area contributed by atoms with Gasteiger partial charge < -0.3 is 14.4 Å². The molecule has 0 aliphatic carbocycles. The number of sulfonamides is 1. The molecule has 2 aromatic rings. The van der Waals surface area contributed by atoms with Crippen molar-refractivity contribution in [3.63, 3.8) is 0 Å². The summed E-state index contributed by atoms with van der Waals surface area (Å²) in [6, 6.07) is 16.1. The molecule has 0 bridgehead atoms. The van der Waals surface area contributed by atoms with E-state index in [1.54, 1.807) is 11.4 Å². The summed E-state index contributed by atoms with van der Waals surface area (Å²) in [5, 5.41) is 0. The van der Waals surface area contributed by atoms with Crippen molar-refractivity contribution < 1.29 is 22.8 Å². The molecule has 0 amide bonds. The quantitative estimate of drug-likeness (QED) is 0.672. The van der Waals surface area contributed by atoms with E-state index in [0.717, 1.165) is 42.3 Å². The van der Waals surface area contributed by atoms with Gasteiger partial charge >= 0.3 is 0 Å². The van der Waals surface area contributed by atoms with Crippen LogP contribution in [0.5, 0.6) is 11.5 Å². The highest BCUT2D eigenvalue weighted by Gasteiger charge is 2.28. The van der Waals surface area contributed by atoms with E-state index in [1.807, 2.05) is 49.4 Å². The first-order chi connectivity index (χ1) is 14.0. The summed E-state index contributed by atoms with van der Waals surface area (Å²) in [5.74, 6) is 1.69. The van der Waals surface area contributed by atoms with E-state index in [4.69, 9.17) is 9.47 Å². The largest absolute Gasteiger partial charge is 0.493 e. The Hall–Kier alpha value is -2.09. The smallest absolute Gasteiger partial charge is 0.214 e. The average Bonchev–Trinajstić information content (AvgIpc) is 2.73. The molecule has 1 aliphatic heterocycles. The number of hydrogen-bond donors (Lipinski definition) is 1. The fourth-order valence-corrected chi connectivity index (χ4v) is 5.13. The number of rotatable bonds is 9. The van der Waals surface area contributed by atoms with E-state index in [9.17, 15) is 8.42 Å². The molecule has 1 N–H and O–H groups in total. The molecule has 1 fully saturated rings. The van der Waals surface area contributed by atoms with E-state index in [1.165, 1.54) is 4.90 Å². The van der Waals surface area contributed by atoms with Gasteiger partial charge in [0.1, 0.15) is 13.2 Å². The maximum Gasteiger partial charge on any atom is 0.214 e. The molecule has 0 aromatic heterocycles. The van der Waals surface area contributed by atoms with Crippen molar-refractivity contribution in [3.8, 4) is 11.5 Å². The lowest BCUT2D eigenvalue weighted by Gasteiger charge is -2.31. The first kappa shape index (κ1) is 21.6. The van der Waals surface area contributed by atoms with Crippen molar-refractivity contribution in [2.75, 3.05) is 39.0 Å². The number of hydrogen-bond acceptors (Lipinski definition) is 4. The molecule has 2 aromatic carbocycles. The van der Waals surface area contributed by atoms with Crippen LogP contribution in [0.4, 0.5) is 0 Å². The van der Waals surface area contributed by atoms with Crippen molar-refractivity contribution in [1.29, 1.82) is 0 Å². The zero-order valence-corrected chi connectivity index (χ0v) is 18.1. The van der Waals surface area contributed by atoms with Gasteiger partial charge in [-0.15, -0.1) is 0 Å². The number of quaternary nitrogens is 1. The summed E-state index contributed by atoms with van der Waals surface area (Å²) >= 11 is 0. The standard InChI is InChI=1S/C22H30N2O4S/c1-3-15-29(25,26)24-13-11-23(12-14-24)17-20-9-10-21(27-2)22(16-20)28-18-19-7-5-4-6-8-19/h4-10,16H,3,11-15,17-18H2,1-2H3/p+1. The highest BCUT2D eigenvalue weighted by Crippen LogP contribution is 2.28. The molecule has 0 spiro atoms. The van der Waals surface area contributed by atoms with Gasteiger partial charge in [-0.05, 0) is 30.2 Å². The van der Waals surface area contributed by atoms with Crippen molar-refractivity contribution in [2.24, 2.45) is 0 Å². The van der Waals surface area contributed by atoms with Crippen molar-refractivity contribution >= 4 is 10.0 Å². The number of benzene rings is 2. The molecule has 6 nitrogen and oxygen atoms in total. The Bertz CT molecular complexity index is 879. The number of piperazine rings is 1. The second kappa shape index (κ2) is 10.1. The van der Waals surface area contributed by atoms with E-state index < -0.39 is 10.0 Å². The number of methoxy groups -OCH3 is 1. The van der Waals surface area contributed by atoms with Crippen LogP contribution in [0.3, 0.4) is 0 Å². The number of nitrogens with zero attached hydrogens (tertiary/aromatic N) is 1. The number of nitrogens with one attached hydrogen (secondary N) is 1. The molecule has 29 heavy (non-hydrogen) atoms. The molecule has 0 radical (unpaired) electrons. The molecule has 1 heterocycles. The van der Waals surface area contributed by atoms with Crippen LogP contribution in [0.25, 0.3) is 0 Å². The zero-order chi connectivity index (χ0) is 20.7. The molecule has 0 unspecified atom stereocenters. The maximum atomic E-state index is 12.2. The predicted octanol–water partition coefficient (Wildman–Crippen LogP) is 1.71. The Morgan fingerprint density at radius 3 is 2.38 bits per heavy atom. The van der Waals surface area contributed by atoms with Crippen molar-refractivity contribution in [1.82, 2.24) is 4.31 Å². The second-order valence-corrected chi connectivity index (χ2v) is 9.49. The van der Waals surface area contributed by atoms with Gasteiger partial charge in [0.15, 0.2) is 11.5 Å². The van der Waals surface area contributed by atoms with Crippen LogP contribution in [-0.4, -0.2) is 51.8 Å².